The number of hydrogen-bond acceptors (Lipinski definition) is 4. The fourth-order valence-electron chi connectivity index (χ4n) is 3.88. The summed E-state index contributed by atoms with van der Waals surface area (Å²) in [5.74, 6) is 2.03. The first kappa shape index (κ1) is 21.7. The third-order valence-electron chi connectivity index (χ3n) is 5.60. The Morgan fingerprint density at radius 1 is 0.793 bits per heavy atom. The van der Waals surface area contributed by atoms with Crippen LogP contribution in [0.2, 0.25) is 0 Å². The molecule has 0 heterocycles. The molecular weight excluding hydrogens is 386 g/mol. The van der Waals surface area contributed by atoms with Gasteiger partial charge in [-0.05, 0) is 54.2 Å². The quantitative estimate of drug-likeness (QED) is 0.598. The van der Waals surface area contributed by atoms with Gasteiger partial charge in [-0.25, -0.2) is 8.42 Å². The Hall–Kier alpha value is -2.05. The van der Waals surface area contributed by atoms with Gasteiger partial charge in [0.1, 0.15) is 11.5 Å². The van der Waals surface area contributed by atoms with Crippen LogP contribution in [0.4, 0.5) is 0 Å². The molecule has 0 atom stereocenters. The molecule has 0 aliphatic heterocycles. The van der Waals surface area contributed by atoms with Crippen LogP contribution in [0.3, 0.4) is 0 Å². The Kier molecular flexibility index (Phi) is 7.56. The highest BCUT2D eigenvalue weighted by Gasteiger charge is 2.27. The Bertz CT molecular complexity index is 807. The third-order valence-corrected chi connectivity index (χ3v) is 7.54. The lowest BCUT2D eigenvalue weighted by molar-refractivity contribution is 0.360. The number of nitrogens with zero attached hydrogens (tertiary/aromatic N) is 1. The van der Waals surface area contributed by atoms with Crippen LogP contribution in [0.1, 0.15) is 43.2 Å². The van der Waals surface area contributed by atoms with E-state index >= 15 is 0 Å². The lowest BCUT2D eigenvalue weighted by atomic mass is 9.91. The minimum absolute atomic E-state index is 0.235. The van der Waals surface area contributed by atoms with Crippen molar-refractivity contribution in [3.63, 3.8) is 0 Å². The normalized spacial score (nSPS) is 15.4. The van der Waals surface area contributed by atoms with Gasteiger partial charge in [0.2, 0.25) is 10.0 Å². The van der Waals surface area contributed by atoms with E-state index in [2.05, 4.69) is 0 Å². The zero-order valence-corrected chi connectivity index (χ0v) is 18.2. The highest BCUT2D eigenvalue weighted by atomic mass is 32.2. The molecule has 0 amide bonds. The molecule has 2 aromatic carbocycles. The van der Waals surface area contributed by atoms with E-state index in [0.29, 0.717) is 13.1 Å². The van der Waals surface area contributed by atoms with E-state index in [9.17, 15) is 8.42 Å². The maximum absolute atomic E-state index is 13.3. The fourth-order valence-corrected chi connectivity index (χ4v) is 5.71. The number of ether oxygens (including phenoxy) is 2. The minimum Gasteiger partial charge on any atom is -0.497 e. The molecule has 0 saturated heterocycles. The molecular formula is C23H31NO4S. The Morgan fingerprint density at radius 2 is 1.24 bits per heavy atom. The molecule has 1 fully saturated rings. The summed E-state index contributed by atoms with van der Waals surface area (Å²) >= 11 is 0. The smallest absolute Gasteiger partial charge is 0.214 e. The van der Waals surface area contributed by atoms with Gasteiger partial charge in [-0.1, -0.05) is 43.5 Å². The Labute approximate surface area is 174 Å². The van der Waals surface area contributed by atoms with Gasteiger partial charge in [-0.2, -0.15) is 4.31 Å². The molecule has 29 heavy (non-hydrogen) atoms. The van der Waals surface area contributed by atoms with E-state index in [4.69, 9.17) is 9.47 Å². The van der Waals surface area contributed by atoms with Crippen molar-refractivity contribution >= 4 is 10.0 Å². The second kappa shape index (κ2) is 10.1. The first-order valence-corrected chi connectivity index (χ1v) is 11.8. The Morgan fingerprint density at radius 3 is 1.66 bits per heavy atom. The van der Waals surface area contributed by atoms with Gasteiger partial charge in [0.05, 0.1) is 20.0 Å². The van der Waals surface area contributed by atoms with Crippen molar-refractivity contribution in [2.75, 3.05) is 20.0 Å². The number of rotatable bonds is 9. The van der Waals surface area contributed by atoms with E-state index in [1.807, 2.05) is 48.5 Å². The lowest BCUT2D eigenvalue weighted by Gasteiger charge is -2.27. The van der Waals surface area contributed by atoms with Crippen LogP contribution in [0.25, 0.3) is 0 Å². The number of sulfonamides is 1. The first-order valence-electron chi connectivity index (χ1n) is 10.2. The van der Waals surface area contributed by atoms with Crippen molar-refractivity contribution in [1.82, 2.24) is 4.31 Å². The van der Waals surface area contributed by atoms with Crippen LogP contribution in [0.5, 0.6) is 11.5 Å². The van der Waals surface area contributed by atoms with Crippen molar-refractivity contribution in [3.8, 4) is 11.5 Å². The predicted molar refractivity (Wildman–Crippen MR) is 116 cm³/mol. The second-order valence-electron chi connectivity index (χ2n) is 7.75. The lowest BCUT2D eigenvalue weighted by Crippen LogP contribution is -2.35. The third kappa shape index (κ3) is 6.21. The molecule has 1 aliphatic carbocycles. The summed E-state index contributed by atoms with van der Waals surface area (Å²) in [7, 11) is -0.130. The van der Waals surface area contributed by atoms with Crippen molar-refractivity contribution < 1.29 is 17.9 Å². The van der Waals surface area contributed by atoms with E-state index in [1.54, 1.807) is 18.5 Å². The van der Waals surface area contributed by atoms with Gasteiger partial charge in [0, 0.05) is 13.1 Å². The average molecular weight is 418 g/mol. The first-order chi connectivity index (χ1) is 14.0. The number of methoxy groups -OCH3 is 2. The highest BCUT2D eigenvalue weighted by molar-refractivity contribution is 7.89. The van der Waals surface area contributed by atoms with Crippen LogP contribution >= 0.6 is 0 Å². The van der Waals surface area contributed by atoms with E-state index in [1.165, 1.54) is 6.42 Å². The van der Waals surface area contributed by atoms with Crippen LogP contribution in [0, 0.1) is 5.92 Å². The molecule has 5 nitrogen and oxygen atoms in total. The summed E-state index contributed by atoms with van der Waals surface area (Å²) < 4.78 is 38.7. The second-order valence-corrected chi connectivity index (χ2v) is 9.76. The molecule has 0 unspecified atom stereocenters. The van der Waals surface area contributed by atoms with Gasteiger partial charge >= 0.3 is 0 Å². The van der Waals surface area contributed by atoms with Crippen molar-refractivity contribution in [2.45, 2.75) is 45.2 Å². The fraction of sp³-hybridized carbons (Fsp3) is 0.478. The van der Waals surface area contributed by atoms with Gasteiger partial charge in [-0.15, -0.1) is 0 Å². The van der Waals surface area contributed by atoms with Crippen molar-refractivity contribution in [1.29, 1.82) is 0 Å². The molecule has 2 aromatic rings. The predicted octanol–water partition coefficient (Wildman–Crippen LogP) is 4.62. The monoisotopic (exact) mass is 417 g/mol. The molecule has 0 radical (unpaired) electrons. The van der Waals surface area contributed by atoms with Crippen LogP contribution in [-0.2, 0) is 23.1 Å². The van der Waals surface area contributed by atoms with E-state index in [-0.39, 0.29) is 11.7 Å². The summed E-state index contributed by atoms with van der Waals surface area (Å²) in [6, 6.07) is 15.2. The number of hydrogen-bond donors (Lipinski definition) is 0. The van der Waals surface area contributed by atoms with Crippen LogP contribution < -0.4 is 9.47 Å². The molecule has 0 aromatic heterocycles. The summed E-state index contributed by atoms with van der Waals surface area (Å²) in [6.07, 6.45) is 5.52. The van der Waals surface area contributed by atoms with E-state index in [0.717, 1.165) is 48.3 Å². The largest absolute Gasteiger partial charge is 0.497 e. The van der Waals surface area contributed by atoms with Crippen molar-refractivity contribution in [2.24, 2.45) is 5.92 Å². The zero-order valence-electron chi connectivity index (χ0n) is 17.3. The standard InChI is InChI=1S/C23H31NO4S/c1-27-22-12-8-19(9-13-22)16-24(17-20-10-14-23(28-2)15-11-20)29(25,26)18-21-6-4-3-5-7-21/h8-15,21H,3-7,16-18H2,1-2H3. The van der Waals surface area contributed by atoms with Gasteiger partial charge in [0.25, 0.3) is 0 Å². The van der Waals surface area contributed by atoms with Gasteiger partial charge < -0.3 is 9.47 Å². The topological polar surface area (TPSA) is 55.8 Å². The molecule has 0 spiro atoms. The van der Waals surface area contributed by atoms with Gasteiger partial charge in [-0.3, -0.25) is 0 Å². The molecule has 6 heteroatoms. The Balaban J connectivity index is 1.80. The summed E-state index contributed by atoms with van der Waals surface area (Å²) in [6.45, 7) is 0.705. The number of benzene rings is 2. The maximum atomic E-state index is 13.3. The molecule has 1 aliphatic rings. The zero-order chi connectivity index (χ0) is 20.7. The molecule has 1 saturated carbocycles. The molecule has 3 rings (SSSR count). The van der Waals surface area contributed by atoms with E-state index < -0.39 is 10.0 Å². The minimum atomic E-state index is -3.38. The molecule has 0 bridgehead atoms. The molecule has 158 valence electrons. The maximum Gasteiger partial charge on any atom is 0.214 e. The van der Waals surface area contributed by atoms with Crippen LogP contribution in [0.15, 0.2) is 48.5 Å². The summed E-state index contributed by atoms with van der Waals surface area (Å²) in [5, 5.41) is 0. The summed E-state index contributed by atoms with van der Waals surface area (Å²) in [5.41, 5.74) is 1.90. The highest BCUT2D eigenvalue weighted by Crippen LogP contribution is 2.27. The van der Waals surface area contributed by atoms with Crippen LogP contribution in [-0.4, -0.2) is 32.7 Å². The average Bonchev–Trinajstić information content (AvgIpc) is 2.74. The van der Waals surface area contributed by atoms with Gasteiger partial charge in [0.15, 0.2) is 0 Å². The summed E-state index contributed by atoms with van der Waals surface area (Å²) in [4.78, 5) is 0. The van der Waals surface area contributed by atoms with Crippen molar-refractivity contribution in [3.05, 3.63) is 59.7 Å². The SMILES string of the molecule is COc1ccc(CN(Cc2ccc(OC)cc2)S(=O)(=O)CC2CCCCC2)cc1. The molecule has 0 N–H and O–H groups in total.